The van der Waals surface area contributed by atoms with Crippen LogP contribution in [0.15, 0.2) is 36.9 Å². The van der Waals surface area contributed by atoms with E-state index in [1.54, 1.807) is 13.0 Å². The highest BCUT2D eigenvalue weighted by Crippen LogP contribution is 2.15. The minimum Gasteiger partial charge on any atom is -0.481 e. The van der Waals surface area contributed by atoms with Crippen molar-refractivity contribution in [1.82, 2.24) is 0 Å². The lowest BCUT2D eigenvalue weighted by atomic mass is 10.0. The average Bonchev–Trinajstić information content (AvgIpc) is 2.19. The van der Waals surface area contributed by atoms with Crippen molar-refractivity contribution in [3.05, 3.63) is 48.0 Å². The maximum atomic E-state index is 10.6. The summed E-state index contributed by atoms with van der Waals surface area (Å²) in [6, 6.07) is 7.56. The topological polar surface area (TPSA) is 37.3 Å². The van der Waals surface area contributed by atoms with Gasteiger partial charge in [0.1, 0.15) is 0 Å². The Hall–Kier alpha value is -1.57. The SMILES string of the molecule is C=CC.Cc1ccc(C(C)C(=O)O)cc1. The molecule has 1 aromatic carbocycles. The lowest BCUT2D eigenvalue weighted by molar-refractivity contribution is -0.138. The van der Waals surface area contributed by atoms with E-state index in [0.717, 1.165) is 11.1 Å². The van der Waals surface area contributed by atoms with Crippen molar-refractivity contribution < 1.29 is 9.90 Å². The zero-order valence-electron chi connectivity index (χ0n) is 9.53. The third kappa shape index (κ3) is 5.01. The zero-order chi connectivity index (χ0) is 11.8. The average molecular weight is 206 g/mol. The van der Waals surface area contributed by atoms with Gasteiger partial charge in [0, 0.05) is 0 Å². The molecule has 0 fully saturated rings. The lowest BCUT2D eigenvalue weighted by Crippen LogP contribution is -2.06. The summed E-state index contributed by atoms with van der Waals surface area (Å²) in [6.07, 6.45) is 1.75. The number of carbonyl (C=O) groups is 1. The lowest BCUT2D eigenvalue weighted by Gasteiger charge is -2.05. The van der Waals surface area contributed by atoms with E-state index in [9.17, 15) is 4.79 Å². The Morgan fingerprint density at radius 3 is 2.13 bits per heavy atom. The van der Waals surface area contributed by atoms with Gasteiger partial charge in [0.2, 0.25) is 0 Å². The molecule has 0 saturated heterocycles. The highest BCUT2D eigenvalue weighted by atomic mass is 16.4. The molecule has 0 aliphatic heterocycles. The van der Waals surface area contributed by atoms with Gasteiger partial charge in [0.15, 0.2) is 0 Å². The molecule has 1 unspecified atom stereocenters. The maximum Gasteiger partial charge on any atom is 0.310 e. The first-order valence-electron chi connectivity index (χ1n) is 4.89. The molecular weight excluding hydrogens is 188 g/mol. The summed E-state index contributed by atoms with van der Waals surface area (Å²) in [4.78, 5) is 10.6. The Kier molecular flexibility index (Phi) is 6.11. The van der Waals surface area contributed by atoms with Gasteiger partial charge in [-0.2, -0.15) is 0 Å². The van der Waals surface area contributed by atoms with E-state index in [4.69, 9.17) is 5.11 Å². The molecule has 0 amide bonds. The second kappa shape index (κ2) is 6.82. The smallest absolute Gasteiger partial charge is 0.310 e. The number of hydrogen-bond donors (Lipinski definition) is 1. The van der Waals surface area contributed by atoms with Crippen LogP contribution in [-0.2, 0) is 4.79 Å². The molecule has 0 aliphatic carbocycles. The van der Waals surface area contributed by atoms with E-state index in [1.807, 2.05) is 38.1 Å². The Bertz CT molecular complexity index is 312. The van der Waals surface area contributed by atoms with Gasteiger partial charge in [-0.15, -0.1) is 6.58 Å². The highest BCUT2D eigenvalue weighted by Gasteiger charge is 2.12. The summed E-state index contributed by atoms with van der Waals surface area (Å²) in [5.41, 5.74) is 2.00. The molecule has 2 heteroatoms. The van der Waals surface area contributed by atoms with Crippen LogP contribution in [0.5, 0.6) is 0 Å². The van der Waals surface area contributed by atoms with Gasteiger partial charge in [0.05, 0.1) is 5.92 Å². The van der Waals surface area contributed by atoms with Crippen LogP contribution in [0.1, 0.15) is 30.9 Å². The maximum absolute atomic E-state index is 10.6. The first-order valence-corrected chi connectivity index (χ1v) is 4.89. The van der Waals surface area contributed by atoms with Gasteiger partial charge < -0.3 is 5.11 Å². The standard InChI is InChI=1S/C10H12O2.C3H6/c1-7-3-5-9(6-4-7)8(2)10(11)12;1-3-2/h3-6,8H,1-2H3,(H,11,12);3H,1H2,2H3. The summed E-state index contributed by atoms with van der Waals surface area (Å²) in [5, 5.41) is 8.70. The first-order chi connectivity index (χ1) is 7.02. The number of hydrogen-bond acceptors (Lipinski definition) is 1. The van der Waals surface area contributed by atoms with E-state index in [0.29, 0.717) is 0 Å². The summed E-state index contributed by atoms with van der Waals surface area (Å²) >= 11 is 0. The minimum atomic E-state index is -0.779. The molecular formula is C13H18O2. The van der Waals surface area contributed by atoms with E-state index >= 15 is 0 Å². The molecule has 0 spiro atoms. The van der Waals surface area contributed by atoms with Gasteiger partial charge in [-0.25, -0.2) is 0 Å². The van der Waals surface area contributed by atoms with Crippen LogP contribution >= 0.6 is 0 Å². The van der Waals surface area contributed by atoms with Crippen molar-refractivity contribution in [2.24, 2.45) is 0 Å². The first kappa shape index (κ1) is 13.4. The Labute approximate surface area is 91.3 Å². The molecule has 2 nitrogen and oxygen atoms in total. The third-order valence-corrected chi connectivity index (χ3v) is 1.95. The second-order valence-electron chi connectivity index (χ2n) is 3.38. The fourth-order valence-electron chi connectivity index (χ4n) is 0.998. The number of allylic oxidation sites excluding steroid dienone is 1. The molecule has 1 atom stereocenters. The van der Waals surface area contributed by atoms with Crippen LogP contribution in [0, 0.1) is 6.92 Å². The molecule has 1 N–H and O–H groups in total. The van der Waals surface area contributed by atoms with Crippen LogP contribution in [0.3, 0.4) is 0 Å². The number of carboxylic acids is 1. The van der Waals surface area contributed by atoms with Crippen LogP contribution in [0.4, 0.5) is 0 Å². The van der Waals surface area contributed by atoms with E-state index in [-0.39, 0.29) is 0 Å². The molecule has 82 valence electrons. The van der Waals surface area contributed by atoms with Crippen LogP contribution < -0.4 is 0 Å². The van der Waals surface area contributed by atoms with Crippen molar-refractivity contribution in [2.45, 2.75) is 26.7 Å². The molecule has 0 bridgehead atoms. The normalized spacial score (nSPS) is 10.9. The van der Waals surface area contributed by atoms with E-state index in [1.165, 1.54) is 0 Å². The van der Waals surface area contributed by atoms with Crippen LogP contribution in [0.2, 0.25) is 0 Å². The molecule has 1 rings (SSSR count). The van der Waals surface area contributed by atoms with E-state index in [2.05, 4.69) is 6.58 Å². The fraction of sp³-hybridized carbons (Fsp3) is 0.308. The Morgan fingerprint density at radius 2 is 1.80 bits per heavy atom. The summed E-state index contributed by atoms with van der Waals surface area (Å²) < 4.78 is 0. The summed E-state index contributed by atoms with van der Waals surface area (Å²) in [7, 11) is 0. The van der Waals surface area contributed by atoms with E-state index < -0.39 is 11.9 Å². The number of aliphatic carboxylic acids is 1. The molecule has 1 aromatic rings. The van der Waals surface area contributed by atoms with Crippen LogP contribution in [0.25, 0.3) is 0 Å². The fourth-order valence-corrected chi connectivity index (χ4v) is 0.998. The highest BCUT2D eigenvalue weighted by molar-refractivity contribution is 5.75. The minimum absolute atomic E-state index is 0.411. The van der Waals surface area contributed by atoms with Crippen molar-refractivity contribution in [3.8, 4) is 0 Å². The molecule has 0 saturated carbocycles. The predicted octanol–water partition coefficient (Wildman–Crippen LogP) is 3.38. The monoisotopic (exact) mass is 206 g/mol. The number of rotatable bonds is 2. The van der Waals surface area contributed by atoms with Gasteiger partial charge in [0.25, 0.3) is 0 Å². The molecule has 0 radical (unpaired) electrons. The Morgan fingerprint density at radius 1 is 1.40 bits per heavy atom. The molecule has 15 heavy (non-hydrogen) atoms. The van der Waals surface area contributed by atoms with Crippen LogP contribution in [-0.4, -0.2) is 11.1 Å². The third-order valence-electron chi connectivity index (χ3n) is 1.95. The van der Waals surface area contributed by atoms with Gasteiger partial charge in [-0.1, -0.05) is 35.9 Å². The summed E-state index contributed by atoms with van der Waals surface area (Å²) in [6.45, 7) is 8.92. The van der Waals surface area contributed by atoms with Crippen molar-refractivity contribution >= 4 is 5.97 Å². The van der Waals surface area contributed by atoms with Crippen molar-refractivity contribution in [1.29, 1.82) is 0 Å². The number of carboxylic acid groups (broad SMARTS) is 1. The molecule has 0 aromatic heterocycles. The van der Waals surface area contributed by atoms with Gasteiger partial charge >= 0.3 is 5.97 Å². The quantitative estimate of drug-likeness (QED) is 0.753. The second-order valence-corrected chi connectivity index (χ2v) is 3.38. The number of benzene rings is 1. The van der Waals surface area contributed by atoms with Gasteiger partial charge in [-0.3, -0.25) is 4.79 Å². The predicted molar refractivity (Wildman–Crippen MR) is 63.1 cm³/mol. The summed E-state index contributed by atoms with van der Waals surface area (Å²) in [5.74, 6) is -1.19. The van der Waals surface area contributed by atoms with Gasteiger partial charge in [-0.05, 0) is 26.3 Å². The molecule has 0 aliphatic rings. The largest absolute Gasteiger partial charge is 0.481 e. The Balaban J connectivity index is 0.000000583. The molecule has 0 heterocycles. The number of aryl methyl sites for hydroxylation is 1. The van der Waals surface area contributed by atoms with Crippen molar-refractivity contribution in [2.75, 3.05) is 0 Å². The zero-order valence-corrected chi connectivity index (χ0v) is 9.53. The van der Waals surface area contributed by atoms with Crippen molar-refractivity contribution in [3.63, 3.8) is 0 Å².